The van der Waals surface area contributed by atoms with Gasteiger partial charge in [-0.15, -0.1) is 0 Å². The van der Waals surface area contributed by atoms with E-state index in [1.165, 1.54) is 45.3 Å². The summed E-state index contributed by atoms with van der Waals surface area (Å²) in [7, 11) is 0. The summed E-state index contributed by atoms with van der Waals surface area (Å²) in [6.07, 6.45) is 5.19. The Kier molecular flexibility index (Phi) is 5.26. The van der Waals surface area contributed by atoms with Crippen LogP contribution in [0.5, 0.6) is 0 Å². The lowest BCUT2D eigenvalue weighted by Gasteiger charge is -2.40. The van der Waals surface area contributed by atoms with Gasteiger partial charge in [0, 0.05) is 31.8 Å². The zero-order valence-corrected chi connectivity index (χ0v) is 11.5. The Bertz CT molecular complexity index is 208. The van der Waals surface area contributed by atoms with E-state index in [2.05, 4.69) is 24.1 Å². The van der Waals surface area contributed by atoms with Crippen molar-refractivity contribution in [2.75, 3.05) is 32.8 Å². The molecule has 2 aliphatic rings. The quantitative estimate of drug-likeness (QED) is 0.812. The highest BCUT2D eigenvalue weighted by atomic mass is 16.5. The van der Waals surface area contributed by atoms with Gasteiger partial charge in [0.25, 0.3) is 0 Å². The van der Waals surface area contributed by atoms with Gasteiger partial charge in [0.1, 0.15) is 0 Å². The smallest absolute Gasteiger partial charge is 0.0480 e. The first-order chi connectivity index (χ1) is 8.27. The number of nitrogens with one attached hydrogen (secondary N) is 1. The lowest BCUT2D eigenvalue weighted by atomic mass is 9.96. The third-order valence-corrected chi connectivity index (χ3v) is 4.19. The maximum Gasteiger partial charge on any atom is 0.0480 e. The van der Waals surface area contributed by atoms with Crippen molar-refractivity contribution in [1.29, 1.82) is 0 Å². The van der Waals surface area contributed by atoms with Crippen molar-refractivity contribution in [1.82, 2.24) is 10.2 Å². The third-order valence-electron chi connectivity index (χ3n) is 4.19. The molecule has 0 radical (unpaired) electrons. The molecule has 0 bridgehead atoms. The number of piperidine rings is 1. The molecule has 1 atom stereocenters. The average Bonchev–Trinajstić information content (AvgIpc) is 2.38. The normalized spacial score (nSPS) is 27.9. The van der Waals surface area contributed by atoms with E-state index in [0.29, 0.717) is 6.04 Å². The Labute approximate surface area is 106 Å². The zero-order valence-electron chi connectivity index (χ0n) is 11.5. The molecule has 0 aromatic carbocycles. The minimum atomic E-state index is 0.667. The van der Waals surface area contributed by atoms with Crippen LogP contribution >= 0.6 is 0 Å². The number of hydrogen-bond donors (Lipinski definition) is 1. The van der Waals surface area contributed by atoms with Gasteiger partial charge in [-0.05, 0) is 58.5 Å². The Hall–Kier alpha value is -0.120. The van der Waals surface area contributed by atoms with Gasteiger partial charge in [0.2, 0.25) is 0 Å². The molecule has 1 unspecified atom stereocenters. The Morgan fingerprint density at radius 3 is 2.59 bits per heavy atom. The van der Waals surface area contributed by atoms with Crippen molar-refractivity contribution in [3.8, 4) is 0 Å². The summed E-state index contributed by atoms with van der Waals surface area (Å²) < 4.78 is 5.48. The van der Waals surface area contributed by atoms with E-state index in [-0.39, 0.29) is 0 Å². The van der Waals surface area contributed by atoms with E-state index < -0.39 is 0 Å². The molecule has 0 amide bonds. The highest BCUT2D eigenvalue weighted by molar-refractivity contribution is 4.81. The average molecular weight is 240 g/mol. The second kappa shape index (κ2) is 6.72. The van der Waals surface area contributed by atoms with Gasteiger partial charge >= 0.3 is 0 Å². The summed E-state index contributed by atoms with van der Waals surface area (Å²) in [5.74, 6) is 0.856. The van der Waals surface area contributed by atoms with Gasteiger partial charge < -0.3 is 10.1 Å². The first-order valence-corrected chi connectivity index (χ1v) is 7.31. The minimum Gasteiger partial charge on any atom is -0.381 e. The van der Waals surface area contributed by atoms with Crippen LogP contribution in [0.15, 0.2) is 0 Å². The lowest BCUT2D eigenvalue weighted by Crippen LogP contribution is -2.48. The Morgan fingerprint density at radius 1 is 1.24 bits per heavy atom. The molecular weight excluding hydrogens is 212 g/mol. The maximum absolute atomic E-state index is 5.48. The fourth-order valence-electron chi connectivity index (χ4n) is 3.18. The maximum atomic E-state index is 5.48. The molecule has 2 rings (SSSR count). The van der Waals surface area contributed by atoms with Gasteiger partial charge in [-0.25, -0.2) is 0 Å². The predicted molar refractivity (Wildman–Crippen MR) is 71.3 cm³/mol. The van der Waals surface area contributed by atoms with Crippen molar-refractivity contribution in [3.63, 3.8) is 0 Å². The first-order valence-electron chi connectivity index (χ1n) is 7.31. The number of rotatable bonds is 4. The Balaban J connectivity index is 1.86. The Morgan fingerprint density at radius 2 is 2.00 bits per heavy atom. The van der Waals surface area contributed by atoms with Crippen LogP contribution in [0.2, 0.25) is 0 Å². The summed E-state index contributed by atoms with van der Waals surface area (Å²) in [4.78, 5) is 2.72. The van der Waals surface area contributed by atoms with E-state index in [4.69, 9.17) is 4.74 Å². The molecule has 1 N–H and O–H groups in total. The number of hydrogen-bond acceptors (Lipinski definition) is 3. The van der Waals surface area contributed by atoms with Crippen LogP contribution in [0.1, 0.15) is 39.5 Å². The van der Waals surface area contributed by atoms with E-state index in [1.54, 1.807) is 0 Å². The van der Waals surface area contributed by atoms with Crippen LogP contribution in [0, 0.1) is 5.92 Å². The summed E-state index contributed by atoms with van der Waals surface area (Å²) in [5, 5.41) is 3.53. The fourth-order valence-corrected chi connectivity index (χ4v) is 3.18. The van der Waals surface area contributed by atoms with Crippen LogP contribution < -0.4 is 5.32 Å². The van der Waals surface area contributed by atoms with Gasteiger partial charge in [0.05, 0.1) is 0 Å². The van der Waals surface area contributed by atoms with Crippen LogP contribution in [-0.4, -0.2) is 49.8 Å². The molecule has 100 valence electrons. The van der Waals surface area contributed by atoms with Gasteiger partial charge in [-0.2, -0.15) is 0 Å². The molecule has 0 aromatic heterocycles. The van der Waals surface area contributed by atoms with Crippen LogP contribution in [0.4, 0.5) is 0 Å². The largest absolute Gasteiger partial charge is 0.381 e. The molecule has 2 saturated heterocycles. The topological polar surface area (TPSA) is 24.5 Å². The van der Waals surface area contributed by atoms with E-state index in [0.717, 1.165) is 25.2 Å². The standard InChI is InChI=1S/C14H28N2O/c1-12(2)16(14-5-8-17-9-6-14)11-13-4-3-7-15-10-13/h12-15H,3-11H2,1-2H3. The second-order valence-corrected chi connectivity index (χ2v) is 5.85. The molecule has 0 spiro atoms. The summed E-state index contributed by atoms with van der Waals surface area (Å²) in [6.45, 7) is 10.3. The SMILES string of the molecule is CC(C)N(CC1CCCNC1)C1CCOCC1. The summed E-state index contributed by atoms with van der Waals surface area (Å²) in [5.41, 5.74) is 0. The highest BCUT2D eigenvalue weighted by Crippen LogP contribution is 2.21. The van der Waals surface area contributed by atoms with Crippen molar-refractivity contribution in [2.24, 2.45) is 5.92 Å². The molecule has 3 heteroatoms. The molecule has 17 heavy (non-hydrogen) atoms. The molecule has 0 aliphatic carbocycles. The van der Waals surface area contributed by atoms with E-state index >= 15 is 0 Å². The van der Waals surface area contributed by atoms with Gasteiger partial charge in [0.15, 0.2) is 0 Å². The highest BCUT2D eigenvalue weighted by Gasteiger charge is 2.26. The van der Waals surface area contributed by atoms with Crippen molar-refractivity contribution in [2.45, 2.75) is 51.6 Å². The molecule has 2 aliphatic heterocycles. The number of ether oxygens (including phenoxy) is 1. The fraction of sp³-hybridized carbons (Fsp3) is 1.00. The second-order valence-electron chi connectivity index (χ2n) is 5.85. The molecule has 2 fully saturated rings. The van der Waals surface area contributed by atoms with Crippen LogP contribution in [-0.2, 0) is 4.74 Å². The summed E-state index contributed by atoms with van der Waals surface area (Å²) in [6, 6.07) is 1.42. The number of nitrogens with zero attached hydrogens (tertiary/aromatic N) is 1. The van der Waals surface area contributed by atoms with Crippen molar-refractivity contribution in [3.05, 3.63) is 0 Å². The van der Waals surface area contributed by atoms with Crippen LogP contribution in [0.3, 0.4) is 0 Å². The van der Waals surface area contributed by atoms with Gasteiger partial charge in [-0.3, -0.25) is 4.90 Å². The van der Waals surface area contributed by atoms with Gasteiger partial charge in [-0.1, -0.05) is 0 Å². The summed E-state index contributed by atoms with van der Waals surface area (Å²) >= 11 is 0. The first kappa shape index (κ1) is 13.3. The minimum absolute atomic E-state index is 0.667. The molecule has 0 aromatic rings. The predicted octanol–water partition coefficient (Wildman–Crippen LogP) is 1.88. The lowest BCUT2D eigenvalue weighted by molar-refractivity contribution is 0.0142. The van der Waals surface area contributed by atoms with Crippen molar-refractivity contribution >= 4 is 0 Å². The molecular formula is C14H28N2O. The van der Waals surface area contributed by atoms with E-state index in [1.807, 2.05) is 0 Å². The monoisotopic (exact) mass is 240 g/mol. The van der Waals surface area contributed by atoms with E-state index in [9.17, 15) is 0 Å². The molecule has 3 nitrogen and oxygen atoms in total. The molecule has 0 saturated carbocycles. The zero-order chi connectivity index (χ0) is 12.1. The molecule has 2 heterocycles. The van der Waals surface area contributed by atoms with Crippen LogP contribution in [0.25, 0.3) is 0 Å². The van der Waals surface area contributed by atoms with Crippen molar-refractivity contribution < 1.29 is 4.74 Å². The third kappa shape index (κ3) is 3.94.